The van der Waals surface area contributed by atoms with Crippen LogP contribution in [0.5, 0.6) is 0 Å². The van der Waals surface area contributed by atoms with Crippen LogP contribution in [0.15, 0.2) is 41.3 Å². The van der Waals surface area contributed by atoms with Crippen LogP contribution in [0.2, 0.25) is 0 Å². The van der Waals surface area contributed by atoms with E-state index in [1.807, 2.05) is 37.4 Å². The number of benzene rings is 2. The van der Waals surface area contributed by atoms with Crippen LogP contribution in [0.1, 0.15) is 24.3 Å². The number of halogens is 1. The molecule has 0 amide bonds. The van der Waals surface area contributed by atoms with Gasteiger partial charge in [-0.1, -0.05) is 0 Å². The van der Waals surface area contributed by atoms with Crippen LogP contribution in [0.3, 0.4) is 0 Å². The Hall–Kier alpha value is -1.89. The molecule has 1 unspecified atom stereocenters. The van der Waals surface area contributed by atoms with Crippen molar-refractivity contribution in [3.05, 3.63) is 47.8 Å². The zero-order valence-electron chi connectivity index (χ0n) is 15.0. The van der Waals surface area contributed by atoms with Crippen molar-refractivity contribution in [2.45, 2.75) is 23.7 Å². The average molecular weight is 371 g/mol. The van der Waals surface area contributed by atoms with Crippen molar-refractivity contribution in [1.82, 2.24) is 14.9 Å². The number of nitrogens with one attached hydrogen (secondary N) is 1. The Bertz CT molecular complexity index is 930. The molecule has 0 aliphatic carbocycles. The lowest BCUT2D eigenvalue weighted by atomic mass is 9.90. The summed E-state index contributed by atoms with van der Waals surface area (Å²) in [5.74, 6) is 0.887. The minimum absolute atomic E-state index is 0.219. The molecule has 0 spiro atoms. The van der Waals surface area contributed by atoms with Crippen molar-refractivity contribution in [2.24, 2.45) is 7.05 Å². The smallest absolute Gasteiger partial charge is 0.152 e. The summed E-state index contributed by atoms with van der Waals surface area (Å²) in [6, 6.07) is 11.2. The first-order valence-corrected chi connectivity index (χ1v) is 10.4. The third kappa shape index (κ3) is 3.13. The van der Waals surface area contributed by atoms with Crippen molar-refractivity contribution in [3.63, 3.8) is 0 Å². The van der Waals surface area contributed by atoms with Crippen LogP contribution < -0.4 is 5.32 Å². The SMILES string of the molecule is Cn1c(-c2ccc([S+](C)[O-])cc2)nc2cc(C3CCNCC3)cc(F)c21. The van der Waals surface area contributed by atoms with Gasteiger partial charge in [-0.2, -0.15) is 0 Å². The van der Waals surface area contributed by atoms with E-state index in [0.717, 1.165) is 47.8 Å². The van der Waals surface area contributed by atoms with E-state index in [-0.39, 0.29) is 5.82 Å². The van der Waals surface area contributed by atoms with Gasteiger partial charge >= 0.3 is 0 Å². The van der Waals surface area contributed by atoms with E-state index in [4.69, 9.17) is 4.98 Å². The standard InChI is InChI=1S/C20H22FN3OS/c1-24-19-17(21)11-15(13-7-9-22-10-8-13)12-18(19)23-20(24)14-3-5-16(6-4-14)26(2)25/h3-6,11-13,22H,7-10H2,1-2H3. The molecule has 6 heteroatoms. The number of aromatic nitrogens is 2. The molecule has 1 aliphatic heterocycles. The first-order chi connectivity index (χ1) is 12.5. The van der Waals surface area contributed by atoms with E-state index in [9.17, 15) is 8.94 Å². The van der Waals surface area contributed by atoms with E-state index in [2.05, 4.69) is 5.32 Å². The molecule has 1 aromatic heterocycles. The normalized spacial score (nSPS) is 16.9. The van der Waals surface area contributed by atoms with Gasteiger partial charge < -0.3 is 14.4 Å². The zero-order chi connectivity index (χ0) is 18.3. The molecular formula is C20H22FN3OS. The molecule has 1 aliphatic rings. The second kappa shape index (κ2) is 7.02. The van der Waals surface area contributed by atoms with E-state index in [1.54, 1.807) is 16.9 Å². The highest BCUT2D eigenvalue weighted by atomic mass is 32.2. The maximum absolute atomic E-state index is 14.8. The van der Waals surface area contributed by atoms with Gasteiger partial charge in [-0.15, -0.1) is 0 Å². The maximum Gasteiger partial charge on any atom is 0.152 e. The monoisotopic (exact) mass is 371 g/mol. The summed E-state index contributed by atoms with van der Waals surface area (Å²) in [6.45, 7) is 1.95. The van der Waals surface area contributed by atoms with Gasteiger partial charge in [0.15, 0.2) is 4.90 Å². The van der Waals surface area contributed by atoms with Crippen molar-refractivity contribution < 1.29 is 8.94 Å². The zero-order valence-corrected chi connectivity index (χ0v) is 15.8. The molecule has 4 rings (SSSR count). The van der Waals surface area contributed by atoms with Crippen LogP contribution in [0.4, 0.5) is 4.39 Å². The Morgan fingerprint density at radius 3 is 2.54 bits per heavy atom. The lowest BCUT2D eigenvalue weighted by molar-refractivity contribution is 0.459. The average Bonchev–Trinajstić information content (AvgIpc) is 2.99. The molecule has 2 heterocycles. The Labute approximate surface area is 155 Å². The van der Waals surface area contributed by atoms with Crippen molar-refractivity contribution >= 4 is 22.2 Å². The molecule has 0 bridgehead atoms. The molecule has 2 aromatic carbocycles. The maximum atomic E-state index is 14.8. The molecular weight excluding hydrogens is 349 g/mol. The molecule has 1 N–H and O–H groups in total. The van der Waals surface area contributed by atoms with E-state index >= 15 is 0 Å². The predicted molar refractivity (Wildman–Crippen MR) is 103 cm³/mol. The van der Waals surface area contributed by atoms with E-state index in [0.29, 0.717) is 17.0 Å². The number of hydrogen-bond donors (Lipinski definition) is 1. The molecule has 0 saturated carbocycles. The third-order valence-corrected chi connectivity index (χ3v) is 6.14. The van der Waals surface area contributed by atoms with Crippen molar-refractivity contribution in [1.29, 1.82) is 0 Å². The molecule has 1 atom stereocenters. The van der Waals surface area contributed by atoms with Crippen molar-refractivity contribution in [2.75, 3.05) is 19.3 Å². The largest absolute Gasteiger partial charge is 0.612 e. The highest BCUT2D eigenvalue weighted by molar-refractivity contribution is 7.90. The quantitative estimate of drug-likeness (QED) is 0.716. The highest BCUT2D eigenvalue weighted by Gasteiger charge is 2.20. The van der Waals surface area contributed by atoms with Gasteiger partial charge in [0.1, 0.15) is 23.4 Å². The van der Waals surface area contributed by atoms with E-state index < -0.39 is 11.2 Å². The second-order valence-corrected chi connectivity index (χ2v) is 8.25. The Morgan fingerprint density at radius 2 is 1.88 bits per heavy atom. The summed E-state index contributed by atoms with van der Waals surface area (Å²) in [7, 11) is 1.84. The number of aryl methyl sites for hydroxylation is 1. The Morgan fingerprint density at radius 1 is 1.19 bits per heavy atom. The molecule has 0 radical (unpaired) electrons. The minimum atomic E-state index is -1.02. The van der Waals surface area contributed by atoms with Gasteiger partial charge in [0.25, 0.3) is 0 Å². The van der Waals surface area contributed by atoms with Gasteiger partial charge in [-0.25, -0.2) is 9.37 Å². The number of imidazole rings is 1. The van der Waals surface area contributed by atoms with Gasteiger partial charge in [0.05, 0.1) is 5.52 Å². The van der Waals surface area contributed by atoms with Gasteiger partial charge in [0.2, 0.25) is 0 Å². The molecule has 26 heavy (non-hydrogen) atoms. The lowest BCUT2D eigenvalue weighted by Gasteiger charge is -2.23. The number of fused-ring (bicyclic) bond motifs is 1. The van der Waals surface area contributed by atoms with Crippen LogP contribution in [0.25, 0.3) is 22.4 Å². The fraction of sp³-hybridized carbons (Fsp3) is 0.350. The van der Waals surface area contributed by atoms with E-state index in [1.165, 1.54) is 0 Å². The predicted octanol–water partition coefficient (Wildman–Crippen LogP) is 3.58. The number of hydrogen-bond acceptors (Lipinski definition) is 3. The molecule has 1 fully saturated rings. The summed E-state index contributed by atoms with van der Waals surface area (Å²) in [6.07, 6.45) is 3.71. The fourth-order valence-electron chi connectivity index (χ4n) is 3.76. The van der Waals surface area contributed by atoms with Gasteiger partial charge in [-0.05, 0) is 85.0 Å². The lowest BCUT2D eigenvalue weighted by Crippen LogP contribution is -2.26. The van der Waals surface area contributed by atoms with Crippen LogP contribution in [0, 0.1) is 5.82 Å². The van der Waals surface area contributed by atoms with Gasteiger partial charge in [-0.3, -0.25) is 0 Å². The Kier molecular flexibility index (Phi) is 4.73. The second-order valence-electron chi connectivity index (χ2n) is 6.87. The first-order valence-electron chi connectivity index (χ1n) is 8.85. The third-order valence-electron chi connectivity index (χ3n) is 5.20. The van der Waals surface area contributed by atoms with Gasteiger partial charge in [0, 0.05) is 12.6 Å². The van der Waals surface area contributed by atoms with Crippen molar-refractivity contribution in [3.8, 4) is 11.4 Å². The number of nitrogens with zero attached hydrogens (tertiary/aromatic N) is 2. The highest BCUT2D eigenvalue weighted by Crippen LogP contribution is 2.32. The fourth-order valence-corrected chi connectivity index (χ4v) is 4.28. The minimum Gasteiger partial charge on any atom is -0.612 e. The summed E-state index contributed by atoms with van der Waals surface area (Å²) in [4.78, 5) is 5.48. The van der Waals surface area contributed by atoms with Crippen LogP contribution in [-0.2, 0) is 18.2 Å². The first kappa shape index (κ1) is 17.5. The van der Waals surface area contributed by atoms with Crippen LogP contribution in [-0.4, -0.2) is 33.4 Å². The molecule has 136 valence electrons. The molecule has 3 aromatic rings. The topological polar surface area (TPSA) is 52.9 Å². The summed E-state index contributed by atoms with van der Waals surface area (Å²) >= 11 is -1.02. The number of rotatable bonds is 3. The summed E-state index contributed by atoms with van der Waals surface area (Å²) < 4.78 is 28.2. The molecule has 1 saturated heterocycles. The summed E-state index contributed by atoms with van der Waals surface area (Å²) in [5.41, 5.74) is 3.15. The number of piperidine rings is 1. The molecule has 4 nitrogen and oxygen atoms in total. The summed E-state index contributed by atoms with van der Waals surface area (Å²) in [5, 5.41) is 3.35. The van der Waals surface area contributed by atoms with Crippen LogP contribution >= 0.6 is 0 Å². The Balaban J connectivity index is 1.77.